The summed E-state index contributed by atoms with van der Waals surface area (Å²) in [5.41, 5.74) is -0.704. The Hall–Kier alpha value is -0.640. The molecule has 0 fully saturated rings. The average molecular weight is 206 g/mol. The van der Waals surface area contributed by atoms with E-state index in [1.165, 1.54) is 0 Å². The molecule has 0 heterocycles. The van der Waals surface area contributed by atoms with Gasteiger partial charge in [0.15, 0.2) is 5.75 Å². The molecule has 0 bridgehead atoms. The number of rotatable bonds is 5. The highest BCUT2D eigenvalue weighted by Gasteiger charge is 2.23. The second kappa shape index (κ2) is 4.56. The minimum absolute atomic E-state index is 0.0952. The van der Waals surface area contributed by atoms with Crippen molar-refractivity contribution in [2.75, 3.05) is 12.4 Å². The number of hydrogen-bond donors (Lipinski definition) is 2. The molecule has 5 nitrogen and oxygen atoms in total. The zero-order valence-corrected chi connectivity index (χ0v) is 8.56. The topological polar surface area (TPSA) is 90.2 Å². The summed E-state index contributed by atoms with van der Waals surface area (Å²) in [6.45, 7) is 3.21. The monoisotopic (exact) mass is 206 g/mol. The average Bonchev–Trinajstić information content (AvgIpc) is 1.82. The van der Waals surface area contributed by atoms with Crippen molar-refractivity contribution in [2.24, 2.45) is 0 Å². The molecule has 6 heteroatoms. The molecule has 0 radical (unpaired) electrons. The summed E-state index contributed by atoms with van der Waals surface area (Å²) in [7, 11) is -3.53. The van der Waals surface area contributed by atoms with Crippen LogP contribution in [0.3, 0.4) is 0 Å². The van der Waals surface area contributed by atoms with Gasteiger partial charge in [0.05, 0.1) is 6.07 Å². The highest BCUT2D eigenvalue weighted by atomic mass is 32.2. The number of aliphatic hydroxyl groups is 1. The number of nitrogens with zero attached hydrogens (tertiary/aromatic N) is 1. The molecular weight excluding hydrogens is 192 g/mol. The molecule has 0 aromatic rings. The first-order valence-corrected chi connectivity index (χ1v) is 5.48. The van der Waals surface area contributed by atoms with E-state index in [0.29, 0.717) is 6.42 Å². The third kappa shape index (κ3) is 5.58. The van der Waals surface area contributed by atoms with Crippen molar-refractivity contribution >= 4 is 10.0 Å². The summed E-state index contributed by atoms with van der Waals surface area (Å²) in [4.78, 5) is 0. The molecule has 0 aromatic carbocycles. The lowest BCUT2D eigenvalue weighted by atomic mass is 10.0. The third-order valence-electron chi connectivity index (χ3n) is 1.42. The van der Waals surface area contributed by atoms with Crippen LogP contribution in [0.15, 0.2) is 0 Å². The Bertz CT molecular complexity index is 289. The Morgan fingerprint density at radius 3 is 2.46 bits per heavy atom. The molecule has 0 atom stereocenters. The molecule has 0 aromatic heterocycles. The van der Waals surface area contributed by atoms with Crippen LogP contribution in [0.1, 0.15) is 20.3 Å². The van der Waals surface area contributed by atoms with Gasteiger partial charge in [-0.3, -0.25) is 0 Å². The fourth-order valence-corrected chi connectivity index (χ4v) is 2.06. The highest BCUT2D eigenvalue weighted by molar-refractivity contribution is 7.89. The molecule has 0 rings (SSSR count). The van der Waals surface area contributed by atoms with E-state index in [0.717, 1.165) is 0 Å². The zero-order valence-electron chi connectivity index (χ0n) is 7.74. The Balaban J connectivity index is 4.36. The standard InChI is InChI=1S/C7H14N2O3S/c1-7(2,3-5-10)9-13(11,12)6-4-8/h9-10H,3,5-6H2,1-2H3. The van der Waals surface area contributed by atoms with Gasteiger partial charge in [-0.25, -0.2) is 13.1 Å². The maximum Gasteiger partial charge on any atom is 0.225 e. The SMILES string of the molecule is CC(C)(CCO)NS(=O)(=O)CC#N. The molecule has 0 aliphatic carbocycles. The summed E-state index contributed by atoms with van der Waals surface area (Å²) in [6.07, 6.45) is 0.317. The number of hydrogen-bond acceptors (Lipinski definition) is 4. The fourth-order valence-electron chi connectivity index (χ4n) is 0.873. The molecule has 76 valence electrons. The molecule has 0 saturated carbocycles. The van der Waals surface area contributed by atoms with Crippen molar-refractivity contribution < 1.29 is 13.5 Å². The van der Waals surface area contributed by atoms with Crippen LogP contribution < -0.4 is 4.72 Å². The van der Waals surface area contributed by atoms with E-state index in [-0.39, 0.29) is 6.61 Å². The first kappa shape index (κ1) is 12.4. The van der Waals surface area contributed by atoms with Gasteiger partial charge in [-0.15, -0.1) is 0 Å². The summed E-state index contributed by atoms with van der Waals surface area (Å²) >= 11 is 0. The second-order valence-corrected chi connectivity index (χ2v) is 5.10. The van der Waals surface area contributed by atoms with Crippen LogP contribution in [-0.4, -0.2) is 31.4 Å². The molecule has 0 saturated heterocycles. The van der Waals surface area contributed by atoms with E-state index in [4.69, 9.17) is 10.4 Å². The van der Waals surface area contributed by atoms with E-state index >= 15 is 0 Å². The second-order valence-electron chi connectivity index (χ2n) is 3.38. The lowest BCUT2D eigenvalue weighted by molar-refractivity contribution is 0.246. The smallest absolute Gasteiger partial charge is 0.225 e. The number of aliphatic hydroxyl groups excluding tert-OH is 1. The van der Waals surface area contributed by atoms with Crippen molar-refractivity contribution in [1.29, 1.82) is 5.26 Å². The first-order valence-electron chi connectivity index (χ1n) is 3.82. The maximum atomic E-state index is 11.1. The van der Waals surface area contributed by atoms with Gasteiger partial charge < -0.3 is 5.11 Å². The molecule has 0 spiro atoms. The molecule has 0 amide bonds. The lowest BCUT2D eigenvalue weighted by Crippen LogP contribution is -2.44. The van der Waals surface area contributed by atoms with Gasteiger partial charge in [0.1, 0.15) is 0 Å². The van der Waals surface area contributed by atoms with E-state index in [1.54, 1.807) is 19.9 Å². The van der Waals surface area contributed by atoms with Crippen molar-refractivity contribution in [2.45, 2.75) is 25.8 Å². The van der Waals surface area contributed by atoms with Crippen molar-refractivity contribution in [1.82, 2.24) is 4.72 Å². The number of nitriles is 1. The van der Waals surface area contributed by atoms with Crippen molar-refractivity contribution in [3.05, 3.63) is 0 Å². The van der Waals surface area contributed by atoms with Gasteiger partial charge in [-0.2, -0.15) is 5.26 Å². The molecule has 0 unspecified atom stereocenters. The Labute approximate surface area is 78.4 Å². The quantitative estimate of drug-likeness (QED) is 0.640. The van der Waals surface area contributed by atoms with Gasteiger partial charge in [-0.1, -0.05) is 0 Å². The van der Waals surface area contributed by atoms with E-state index in [9.17, 15) is 8.42 Å². The van der Waals surface area contributed by atoms with Gasteiger partial charge in [0, 0.05) is 12.1 Å². The van der Waals surface area contributed by atoms with Gasteiger partial charge in [0.2, 0.25) is 10.0 Å². The molecule has 0 aliphatic heterocycles. The number of sulfonamides is 1. The molecule has 0 aliphatic rings. The Kier molecular flexibility index (Phi) is 4.33. The molecular formula is C7H14N2O3S. The van der Waals surface area contributed by atoms with E-state index < -0.39 is 21.3 Å². The maximum absolute atomic E-state index is 11.1. The van der Waals surface area contributed by atoms with E-state index in [2.05, 4.69) is 4.72 Å². The van der Waals surface area contributed by atoms with Crippen LogP contribution in [-0.2, 0) is 10.0 Å². The third-order valence-corrected chi connectivity index (χ3v) is 2.80. The Morgan fingerprint density at radius 1 is 1.54 bits per heavy atom. The van der Waals surface area contributed by atoms with Crippen LogP contribution in [0, 0.1) is 11.3 Å². The largest absolute Gasteiger partial charge is 0.396 e. The minimum atomic E-state index is -3.53. The zero-order chi connectivity index (χ0) is 10.5. The lowest BCUT2D eigenvalue weighted by Gasteiger charge is -2.24. The number of nitrogens with one attached hydrogen (secondary N) is 1. The van der Waals surface area contributed by atoms with Crippen molar-refractivity contribution in [3.8, 4) is 6.07 Å². The highest BCUT2D eigenvalue weighted by Crippen LogP contribution is 2.08. The van der Waals surface area contributed by atoms with Gasteiger partial charge in [0.25, 0.3) is 0 Å². The summed E-state index contributed by atoms with van der Waals surface area (Å²) < 4.78 is 24.5. The summed E-state index contributed by atoms with van der Waals surface area (Å²) in [5, 5.41) is 16.8. The van der Waals surface area contributed by atoms with Crippen LogP contribution in [0.2, 0.25) is 0 Å². The summed E-state index contributed by atoms with van der Waals surface area (Å²) in [6, 6.07) is 1.56. The molecule has 2 N–H and O–H groups in total. The fraction of sp³-hybridized carbons (Fsp3) is 0.857. The Morgan fingerprint density at radius 2 is 2.08 bits per heavy atom. The predicted molar refractivity (Wildman–Crippen MR) is 48.3 cm³/mol. The summed E-state index contributed by atoms with van der Waals surface area (Å²) in [5.74, 6) is -0.554. The van der Waals surface area contributed by atoms with Crippen LogP contribution in [0.25, 0.3) is 0 Å². The first-order chi connectivity index (χ1) is 5.83. The minimum Gasteiger partial charge on any atom is -0.396 e. The van der Waals surface area contributed by atoms with Crippen LogP contribution in [0.5, 0.6) is 0 Å². The van der Waals surface area contributed by atoms with Crippen molar-refractivity contribution in [3.63, 3.8) is 0 Å². The van der Waals surface area contributed by atoms with Gasteiger partial charge in [-0.05, 0) is 20.3 Å². The molecule has 13 heavy (non-hydrogen) atoms. The predicted octanol–water partition coefficient (Wildman–Crippen LogP) is -0.410. The van der Waals surface area contributed by atoms with Crippen LogP contribution in [0.4, 0.5) is 0 Å². The normalized spacial score (nSPS) is 12.5. The van der Waals surface area contributed by atoms with Gasteiger partial charge >= 0.3 is 0 Å². The van der Waals surface area contributed by atoms with Crippen LogP contribution >= 0.6 is 0 Å². The van der Waals surface area contributed by atoms with E-state index in [1.807, 2.05) is 0 Å².